The summed E-state index contributed by atoms with van der Waals surface area (Å²) in [4.78, 5) is 1.27. The maximum absolute atomic E-state index is 10.4. The molecule has 1 fully saturated rings. The average molecular weight is 293 g/mol. The predicted octanol–water partition coefficient (Wildman–Crippen LogP) is 3.17. The van der Waals surface area contributed by atoms with E-state index in [1.54, 1.807) is 11.3 Å². The molecule has 1 N–H and O–H groups in total. The number of rotatable bonds is 2. The van der Waals surface area contributed by atoms with Crippen molar-refractivity contribution in [1.29, 1.82) is 0 Å². The van der Waals surface area contributed by atoms with E-state index in [4.69, 9.17) is 0 Å². The van der Waals surface area contributed by atoms with Gasteiger partial charge in [0, 0.05) is 26.9 Å². The molecule has 0 amide bonds. The zero-order valence-electron chi connectivity index (χ0n) is 8.00. The summed E-state index contributed by atoms with van der Waals surface area (Å²) in [6.07, 6.45) is 0.803. The van der Waals surface area contributed by atoms with E-state index in [0.717, 1.165) is 22.4 Å². The van der Waals surface area contributed by atoms with Crippen LogP contribution in [0.5, 0.6) is 0 Å². The number of hydrogen-bond acceptors (Lipinski definition) is 3. The minimum atomic E-state index is -0.477. The molecule has 0 radical (unpaired) electrons. The van der Waals surface area contributed by atoms with Crippen LogP contribution in [0.2, 0.25) is 0 Å². The van der Waals surface area contributed by atoms with Gasteiger partial charge in [-0.15, -0.1) is 11.3 Å². The predicted molar refractivity (Wildman–Crippen MR) is 67.2 cm³/mol. The van der Waals surface area contributed by atoms with Gasteiger partial charge in [-0.25, -0.2) is 0 Å². The third-order valence-electron chi connectivity index (χ3n) is 2.74. The summed E-state index contributed by atoms with van der Waals surface area (Å²) >= 11 is 7.02. The van der Waals surface area contributed by atoms with Crippen molar-refractivity contribution in [3.05, 3.63) is 20.8 Å². The van der Waals surface area contributed by atoms with Gasteiger partial charge in [-0.3, -0.25) is 0 Å². The van der Waals surface area contributed by atoms with Crippen LogP contribution in [0.3, 0.4) is 0 Å². The fourth-order valence-corrected chi connectivity index (χ4v) is 4.77. The lowest BCUT2D eigenvalue weighted by atomic mass is 9.89. The maximum Gasteiger partial charge on any atom is 0.0818 e. The highest BCUT2D eigenvalue weighted by Crippen LogP contribution is 2.37. The molecule has 1 aromatic heterocycles. The molecule has 1 aliphatic heterocycles. The zero-order chi connectivity index (χ0) is 10.2. The van der Waals surface area contributed by atoms with E-state index < -0.39 is 5.60 Å². The van der Waals surface area contributed by atoms with Crippen molar-refractivity contribution < 1.29 is 5.11 Å². The van der Waals surface area contributed by atoms with E-state index in [2.05, 4.69) is 34.3 Å². The van der Waals surface area contributed by atoms with Crippen molar-refractivity contribution in [2.24, 2.45) is 5.92 Å². The molecule has 0 aliphatic carbocycles. The van der Waals surface area contributed by atoms with Crippen LogP contribution >= 0.6 is 39.0 Å². The van der Waals surface area contributed by atoms with E-state index in [1.165, 1.54) is 4.88 Å². The minimum Gasteiger partial charge on any atom is -0.388 e. The topological polar surface area (TPSA) is 20.2 Å². The summed E-state index contributed by atoms with van der Waals surface area (Å²) in [5.74, 6) is 2.38. The average Bonchev–Trinajstić information content (AvgIpc) is 2.62. The van der Waals surface area contributed by atoms with Crippen molar-refractivity contribution >= 4 is 39.0 Å². The molecule has 78 valence electrons. The van der Waals surface area contributed by atoms with Crippen LogP contribution in [0.1, 0.15) is 11.8 Å². The van der Waals surface area contributed by atoms with Gasteiger partial charge in [0.1, 0.15) is 0 Å². The molecule has 1 aliphatic rings. The first-order valence-electron chi connectivity index (χ1n) is 4.63. The fourth-order valence-electron chi connectivity index (χ4n) is 1.68. The Kier molecular flexibility index (Phi) is 3.27. The molecule has 2 unspecified atom stereocenters. The lowest BCUT2D eigenvalue weighted by molar-refractivity contribution is 0.0286. The van der Waals surface area contributed by atoms with Crippen LogP contribution in [0, 0.1) is 5.92 Å². The number of hydrogen-bond donors (Lipinski definition) is 1. The molecular weight excluding hydrogens is 280 g/mol. The molecule has 0 saturated carbocycles. The highest BCUT2D eigenvalue weighted by Gasteiger charge is 2.39. The van der Waals surface area contributed by atoms with Crippen molar-refractivity contribution in [2.45, 2.75) is 18.9 Å². The molecule has 4 heteroatoms. The van der Waals surface area contributed by atoms with E-state index in [1.807, 2.05) is 11.8 Å². The van der Waals surface area contributed by atoms with E-state index in [0.29, 0.717) is 5.92 Å². The van der Waals surface area contributed by atoms with Crippen molar-refractivity contribution in [2.75, 3.05) is 11.5 Å². The Hall–Kier alpha value is 0.490. The van der Waals surface area contributed by atoms with Gasteiger partial charge in [0.25, 0.3) is 0 Å². The van der Waals surface area contributed by atoms with Crippen LogP contribution in [0.25, 0.3) is 0 Å². The molecule has 1 nitrogen and oxygen atoms in total. The second-order valence-corrected chi connectivity index (χ2v) is 6.87. The summed E-state index contributed by atoms with van der Waals surface area (Å²) in [5, 5.41) is 12.5. The highest BCUT2D eigenvalue weighted by molar-refractivity contribution is 9.10. The summed E-state index contributed by atoms with van der Waals surface area (Å²) < 4.78 is 1.12. The highest BCUT2D eigenvalue weighted by atomic mass is 79.9. The SMILES string of the molecule is CC1CSCC1(O)Cc1cc(Br)cs1. The molecule has 1 aromatic rings. The Morgan fingerprint density at radius 1 is 1.71 bits per heavy atom. The number of aliphatic hydroxyl groups is 1. The standard InChI is InChI=1S/C10H13BrOS2/c1-7-4-13-6-10(7,12)3-9-2-8(11)5-14-9/h2,5,7,12H,3-4,6H2,1H3. The van der Waals surface area contributed by atoms with Gasteiger partial charge in [0.15, 0.2) is 0 Å². The Bertz CT molecular complexity index is 326. The molecular formula is C10H13BrOS2. The molecule has 0 bridgehead atoms. The Balaban J connectivity index is 2.10. The smallest absolute Gasteiger partial charge is 0.0818 e. The first-order chi connectivity index (χ1) is 6.60. The third-order valence-corrected chi connectivity index (χ3v) is 5.88. The molecule has 14 heavy (non-hydrogen) atoms. The molecule has 2 atom stereocenters. The fraction of sp³-hybridized carbons (Fsp3) is 0.600. The molecule has 1 saturated heterocycles. The van der Waals surface area contributed by atoms with Gasteiger partial charge >= 0.3 is 0 Å². The second kappa shape index (κ2) is 4.16. The van der Waals surface area contributed by atoms with Gasteiger partial charge < -0.3 is 5.11 Å². The minimum absolute atomic E-state index is 0.411. The second-order valence-electron chi connectivity index (χ2n) is 3.93. The first-order valence-corrected chi connectivity index (χ1v) is 7.46. The zero-order valence-corrected chi connectivity index (χ0v) is 11.2. The molecule has 2 rings (SSSR count). The van der Waals surface area contributed by atoms with E-state index in [-0.39, 0.29) is 0 Å². The van der Waals surface area contributed by atoms with E-state index >= 15 is 0 Å². The van der Waals surface area contributed by atoms with Gasteiger partial charge in [-0.1, -0.05) is 6.92 Å². The Morgan fingerprint density at radius 2 is 2.50 bits per heavy atom. The maximum atomic E-state index is 10.4. The normalized spacial score (nSPS) is 32.4. The lowest BCUT2D eigenvalue weighted by Crippen LogP contribution is -2.37. The van der Waals surface area contributed by atoms with Crippen LogP contribution < -0.4 is 0 Å². The number of halogens is 1. The van der Waals surface area contributed by atoms with Crippen molar-refractivity contribution in [3.8, 4) is 0 Å². The number of thiophene rings is 1. The van der Waals surface area contributed by atoms with Gasteiger partial charge in [0.05, 0.1) is 5.60 Å². The molecule has 0 aromatic carbocycles. The molecule has 2 heterocycles. The van der Waals surface area contributed by atoms with Gasteiger partial charge in [-0.05, 0) is 33.7 Å². The van der Waals surface area contributed by atoms with Gasteiger partial charge in [-0.2, -0.15) is 11.8 Å². The summed E-state index contributed by atoms with van der Waals surface area (Å²) in [5.41, 5.74) is -0.477. The van der Waals surface area contributed by atoms with Gasteiger partial charge in [0.2, 0.25) is 0 Å². The Morgan fingerprint density at radius 3 is 3.00 bits per heavy atom. The molecule has 0 spiro atoms. The number of thioether (sulfide) groups is 1. The van der Waals surface area contributed by atoms with Crippen LogP contribution in [0.15, 0.2) is 15.9 Å². The van der Waals surface area contributed by atoms with E-state index in [9.17, 15) is 5.11 Å². The van der Waals surface area contributed by atoms with Crippen molar-refractivity contribution in [1.82, 2.24) is 0 Å². The van der Waals surface area contributed by atoms with Crippen LogP contribution in [-0.4, -0.2) is 22.2 Å². The summed E-state index contributed by atoms with van der Waals surface area (Å²) in [6.45, 7) is 2.14. The summed E-state index contributed by atoms with van der Waals surface area (Å²) in [6, 6.07) is 2.11. The first kappa shape index (κ1) is 11.0. The van der Waals surface area contributed by atoms with Crippen molar-refractivity contribution in [3.63, 3.8) is 0 Å². The van der Waals surface area contributed by atoms with Crippen LogP contribution in [-0.2, 0) is 6.42 Å². The monoisotopic (exact) mass is 292 g/mol. The quantitative estimate of drug-likeness (QED) is 0.904. The summed E-state index contributed by atoms with van der Waals surface area (Å²) in [7, 11) is 0. The van der Waals surface area contributed by atoms with Crippen LogP contribution in [0.4, 0.5) is 0 Å². The lowest BCUT2D eigenvalue weighted by Gasteiger charge is -2.25. The largest absolute Gasteiger partial charge is 0.388 e. The third kappa shape index (κ3) is 2.18. The Labute approximate surface area is 101 Å².